The summed E-state index contributed by atoms with van der Waals surface area (Å²) in [5, 5.41) is 0. The van der Waals surface area contributed by atoms with Crippen LogP contribution in [0.4, 0.5) is 0 Å². The van der Waals surface area contributed by atoms with Gasteiger partial charge in [-0.15, -0.1) is 0 Å². The van der Waals surface area contributed by atoms with Gasteiger partial charge in [0.15, 0.2) is 5.65 Å². The van der Waals surface area contributed by atoms with E-state index in [0.29, 0.717) is 22.4 Å². The van der Waals surface area contributed by atoms with Gasteiger partial charge in [0.05, 0.1) is 5.69 Å². The summed E-state index contributed by atoms with van der Waals surface area (Å²) in [5.74, 6) is 0. The lowest BCUT2D eigenvalue weighted by atomic mass is 10.1. The highest BCUT2D eigenvalue weighted by molar-refractivity contribution is 5.74. The van der Waals surface area contributed by atoms with Gasteiger partial charge in [0.25, 0.3) is 11.1 Å². The van der Waals surface area contributed by atoms with Crippen LogP contribution in [0.25, 0.3) is 29.0 Å². The molecule has 8 heteroatoms. The maximum atomic E-state index is 13.5. The zero-order valence-electron chi connectivity index (χ0n) is 17.9. The minimum Gasteiger partial charge on any atom is -0.329 e. The van der Waals surface area contributed by atoms with Gasteiger partial charge in [-0.25, -0.2) is 9.97 Å². The smallest absolute Gasteiger partial charge is 0.278 e. The SMILES string of the molecule is O=c1cc(/C=C/c2cccc(-n3c(=O)c(Cc4ccc[nH]c4=O)nc4cccnc43)c2)cc[nH]1. The fourth-order valence-corrected chi connectivity index (χ4v) is 3.72. The highest BCUT2D eigenvalue weighted by atomic mass is 16.1. The number of pyridine rings is 3. The highest BCUT2D eigenvalue weighted by Crippen LogP contribution is 2.17. The minimum absolute atomic E-state index is 0.0992. The Labute approximate surface area is 192 Å². The third-order valence-electron chi connectivity index (χ3n) is 5.34. The van der Waals surface area contributed by atoms with Crippen LogP contribution in [-0.2, 0) is 6.42 Å². The largest absolute Gasteiger partial charge is 0.329 e. The summed E-state index contributed by atoms with van der Waals surface area (Å²) in [4.78, 5) is 51.3. The van der Waals surface area contributed by atoms with Gasteiger partial charge in [0.2, 0.25) is 5.56 Å². The van der Waals surface area contributed by atoms with Gasteiger partial charge < -0.3 is 9.97 Å². The molecule has 0 saturated carbocycles. The Morgan fingerprint density at radius 2 is 1.71 bits per heavy atom. The lowest BCUT2D eigenvalue weighted by molar-refractivity contribution is 0.919. The van der Waals surface area contributed by atoms with E-state index in [2.05, 4.69) is 19.9 Å². The van der Waals surface area contributed by atoms with Gasteiger partial charge >= 0.3 is 0 Å². The summed E-state index contributed by atoms with van der Waals surface area (Å²) in [6.07, 6.45) is 8.54. The standard InChI is InChI=1S/C26H19N5O3/c32-23-15-18(10-13-27-23)9-8-17-4-1-6-20(14-17)31-24-21(7-3-11-28-24)30-22(26(31)34)16-19-5-2-12-29-25(19)33/h1-15H,16H2,(H,27,32)(H,29,33)/b9-8+. The lowest BCUT2D eigenvalue weighted by Gasteiger charge is -2.12. The maximum absolute atomic E-state index is 13.5. The van der Waals surface area contributed by atoms with E-state index >= 15 is 0 Å². The summed E-state index contributed by atoms with van der Waals surface area (Å²) in [6, 6.07) is 17.7. The Kier molecular flexibility index (Phi) is 5.53. The summed E-state index contributed by atoms with van der Waals surface area (Å²) in [5.41, 5.74) is 3.12. The first-order valence-corrected chi connectivity index (χ1v) is 10.6. The van der Waals surface area contributed by atoms with Crippen LogP contribution in [0.5, 0.6) is 0 Å². The molecule has 0 bridgehead atoms. The Morgan fingerprint density at radius 1 is 0.853 bits per heavy atom. The third-order valence-corrected chi connectivity index (χ3v) is 5.34. The van der Waals surface area contributed by atoms with Crippen LogP contribution in [0.1, 0.15) is 22.4 Å². The van der Waals surface area contributed by atoms with Crippen molar-refractivity contribution < 1.29 is 0 Å². The van der Waals surface area contributed by atoms with E-state index in [1.807, 2.05) is 36.4 Å². The second-order valence-electron chi connectivity index (χ2n) is 7.66. The van der Waals surface area contributed by atoms with Crippen molar-refractivity contribution in [3.8, 4) is 5.69 Å². The van der Waals surface area contributed by atoms with E-state index in [4.69, 9.17) is 0 Å². The van der Waals surface area contributed by atoms with Crippen LogP contribution in [0.2, 0.25) is 0 Å². The van der Waals surface area contributed by atoms with Crippen LogP contribution >= 0.6 is 0 Å². The van der Waals surface area contributed by atoms with Crippen LogP contribution in [0.3, 0.4) is 0 Å². The first kappa shape index (κ1) is 21.0. The molecular formula is C26H19N5O3. The Bertz CT molecular complexity index is 1710. The molecule has 4 heterocycles. The predicted molar refractivity (Wildman–Crippen MR) is 131 cm³/mol. The normalized spacial score (nSPS) is 11.3. The summed E-state index contributed by atoms with van der Waals surface area (Å²) < 4.78 is 1.51. The molecule has 0 radical (unpaired) electrons. The fraction of sp³-hybridized carbons (Fsp3) is 0.0385. The number of aromatic amines is 2. The average molecular weight is 449 g/mol. The topological polar surface area (TPSA) is 114 Å². The van der Waals surface area contributed by atoms with Crippen molar-refractivity contribution in [2.75, 3.05) is 0 Å². The Morgan fingerprint density at radius 3 is 2.53 bits per heavy atom. The molecular weight excluding hydrogens is 430 g/mol. The van der Waals surface area contributed by atoms with Crippen LogP contribution in [-0.4, -0.2) is 24.5 Å². The third kappa shape index (κ3) is 4.24. The highest BCUT2D eigenvalue weighted by Gasteiger charge is 2.15. The number of aromatic nitrogens is 5. The van der Waals surface area contributed by atoms with E-state index < -0.39 is 0 Å². The average Bonchev–Trinajstić information content (AvgIpc) is 2.85. The number of hydrogen-bond acceptors (Lipinski definition) is 5. The van der Waals surface area contributed by atoms with Crippen molar-refractivity contribution in [2.45, 2.75) is 6.42 Å². The molecule has 5 aromatic rings. The van der Waals surface area contributed by atoms with Gasteiger partial charge in [-0.1, -0.05) is 30.4 Å². The van der Waals surface area contributed by atoms with Gasteiger partial charge in [-0.05, 0) is 47.5 Å². The molecule has 2 N–H and O–H groups in total. The van der Waals surface area contributed by atoms with Crippen molar-refractivity contribution in [3.05, 3.63) is 133 Å². The van der Waals surface area contributed by atoms with E-state index in [1.165, 1.54) is 10.6 Å². The molecule has 0 aliphatic carbocycles. The Balaban J connectivity index is 1.62. The quantitative estimate of drug-likeness (QED) is 0.428. The van der Waals surface area contributed by atoms with E-state index in [9.17, 15) is 14.4 Å². The predicted octanol–water partition coefficient (Wildman–Crippen LogP) is 2.92. The second kappa shape index (κ2) is 8.95. The fourth-order valence-electron chi connectivity index (χ4n) is 3.72. The zero-order valence-corrected chi connectivity index (χ0v) is 17.9. The van der Waals surface area contributed by atoms with Crippen LogP contribution < -0.4 is 16.7 Å². The summed E-state index contributed by atoms with van der Waals surface area (Å²) >= 11 is 0. The number of fused-ring (bicyclic) bond motifs is 1. The van der Waals surface area contributed by atoms with Crippen LogP contribution in [0, 0.1) is 0 Å². The van der Waals surface area contributed by atoms with E-state index in [1.54, 1.807) is 48.9 Å². The van der Waals surface area contributed by atoms with Crippen molar-refractivity contribution >= 4 is 23.3 Å². The van der Waals surface area contributed by atoms with Crippen molar-refractivity contribution in [1.82, 2.24) is 24.5 Å². The number of hydrogen-bond donors (Lipinski definition) is 2. The molecule has 4 aromatic heterocycles. The molecule has 0 aliphatic rings. The molecule has 0 saturated heterocycles. The van der Waals surface area contributed by atoms with Crippen molar-refractivity contribution in [1.29, 1.82) is 0 Å². The van der Waals surface area contributed by atoms with Crippen molar-refractivity contribution in [2.24, 2.45) is 0 Å². The minimum atomic E-state index is -0.342. The molecule has 0 spiro atoms. The number of H-pyrrole nitrogens is 2. The maximum Gasteiger partial charge on any atom is 0.278 e. The number of nitrogens with zero attached hydrogens (tertiary/aromatic N) is 3. The van der Waals surface area contributed by atoms with Gasteiger partial charge in [-0.2, -0.15) is 0 Å². The molecule has 0 unspecified atom stereocenters. The molecule has 166 valence electrons. The molecule has 5 rings (SSSR count). The zero-order chi connectivity index (χ0) is 23.5. The first-order chi connectivity index (χ1) is 16.6. The van der Waals surface area contributed by atoms with Crippen molar-refractivity contribution in [3.63, 3.8) is 0 Å². The van der Waals surface area contributed by atoms with E-state index in [0.717, 1.165) is 11.1 Å². The monoisotopic (exact) mass is 449 g/mol. The molecule has 34 heavy (non-hydrogen) atoms. The molecule has 0 atom stereocenters. The van der Waals surface area contributed by atoms with Crippen LogP contribution in [0.15, 0.2) is 93.6 Å². The Hall–Kier alpha value is -4.85. The second-order valence-corrected chi connectivity index (χ2v) is 7.66. The molecule has 8 nitrogen and oxygen atoms in total. The lowest BCUT2D eigenvalue weighted by Crippen LogP contribution is -2.26. The number of rotatable bonds is 5. The molecule has 1 aromatic carbocycles. The van der Waals surface area contributed by atoms with E-state index in [-0.39, 0.29) is 28.8 Å². The van der Waals surface area contributed by atoms with Gasteiger partial charge in [-0.3, -0.25) is 19.0 Å². The molecule has 0 aliphatic heterocycles. The number of benzene rings is 1. The van der Waals surface area contributed by atoms with Gasteiger partial charge in [0.1, 0.15) is 11.2 Å². The summed E-state index contributed by atoms with van der Waals surface area (Å²) in [7, 11) is 0. The summed E-state index contributed by atoms with van der Waals surface area (Å²) in [6.45, 7) is 0. The first-order valence-electron chi connectivity index (χ1n) is 10.6. The molecule has 0 amide bonds. The number of nitrogens with one attached hydrogen (secondary N) is 2. The van der Waals surface area contributed by atoms with Gasteiger partial charge in [0, 0.05) is 36.6 Å². The molecule has 0 fully saturated rings.